The Morgan fingerprint density at radius 1 is 0.875 bits per heavy atom. The summed E-state index contributed by atoms with van der Waals surface area (Å²) in [4.78, 5) is 24.3. The van der Waals surface area contributed by atoms with Crippen LogP contribution in [0.2, 0.25) is 0 Å². The van der Waals surface area contributed by atoms with Gasteiger partial charge in [-0.1, -0.05) is 47.5 Å². The van der Waals surface area contributed by atoms with Crippen LogP contribution in [0.1, 0.15) is 27.9 Å². The highest BCUT2D eigenvalue weighted by molar-refractivity contribution is 7.92. The second kappa shape index (κ2) is 9.65. The molecule has 0 atom stereocenters. The molecule has 2 amide bonds. The van der Waals surface area contributed by atoms with Crippen LogP contribution in [0, 0.1) is 13.8 Å². The Hall–Kier alpha value is -3.65. The van der Waals surface area contributed by atoms with Gasteiger partial charge in [0.2, 0.25) is 5.91 Å². The SMILES string of the molecule is Cc1ccc(N(CCC(=O)Nc2ccccc2C(N)=O)S(=O)(=O)c2ccc(C)cc2)cc1. The van der Waals surface area contributed by atoms with Crippen LogP contribution in [-0.4, -0.2) is 26.8 Å². The average Bonchev–Trinajstić information content (AvgIpc) is 2.75. The van der Waals surface area contributed by atoms with Gasteiger partial charge in [-0.15, -0.1) is 0 Å². The van der Waals surface area contributed by atoms with E-state index < -0.39 is 21.8 Å². The van der Waals surface area contributed by atoms with Crippen LogP contribution in [0.15, 0.2) is 77.7 Å². The third kappa shape index (κ3) is 5.33. The molecule has 3 aromatic carbocycles. The molecule has 0 aromatic heterocycles. The number of amides is 2. The van der Waals surface area contributed by atoms with Crippen molar-refractivity contribution >= 4 is 33.2 Å². The number of rotatable bonds is 8. The summed E-state index contributed by atoms with van der Waals surface area (Å²) in [5.41, 5.74) is 8.22. The van der Waals surface area contributed by atoms with Gasteiger partial charge < -0.3 is 11.1 Å². The Kier molecular flexibility index (Phi) is 6.95. The Morgan fingerprint density at radius 3 is 2.03 bits per heavy atom. The number of hydrogen-bond donors (Lipinski definition) is 2. The highest BCUT2D eigenvalue weighted by Crippen LogP contribution is 2.25. The minimum atomic E-state index is -3.89. The first-order chi connectivity index (χ1) is 15.2. The van der Waals surface area contributed by atoms with E-state index in [9.17, 15) is 18.0 Å². The van der Waals surface area contributed by atoms with Gasteiger partial charge in [-0.3, -0.25) is 13.9 Å². The molecule has 0 unspecified atom stereocenters. The first-order valence-corrected chi connectivity index (χ1v) is 11.5. The van der Waals surface area contributed by atoms with Crippen LogP contribution in [-0.2, 0) is 14.8 Å². The van der Waals surface area contributed by atoms with Crippen molar-refractivity contribution in [2.75, 3.05) is 16.2 Å². The van der Waals surface area contributed by atoms with Gasteiger partial charge in [-0.25, -0.2) is 8.42 Å². The Morgan fingerprint density at radius 2 is 1.44 bits per heavy atom. The quantitative estimate of drug-likeness (QED) is 0.545. The van der Waals surface area contributed by atoms with Crippen molar-refractivity contribution in [3.8, 4) is 0 Å². The van der Waals surface area contributed by atoms with Gasteiger partial charge in [0.1, 0.15) is 0 Å². The number of primary amides is 1. The van der Waals surface area contributed by atoms with Crippen molar-refractivity contribution in [1.29, 1.82) is 0 Å². The van der Waals surface area contributed by atoms with E-state index in [1.165, 1.54) is 10.4 Å². The number of carbonyl (C=O) groups is 2. The molecule has 0 saturated heterocycles. The molecule has 3 aromatic rings. The summed E-state index contributed by atoms with van der Waals surface area (Å²) in [6.45, 7) is 3.71. The van der Waals surface area contributed by atoms with Gasteiger partial charge in [-0.05, 0) is 50.2 Å². The van der Waals surface area contributed by atoms with E-state index in [2.05, 4.69) is 5.32 Å². The number of nitrogens with two attached hydrogens (primary N) is 1. The molecule has 0 aliphatic rings. The third-order valence-corrected chi connectivity index (χ3v) is 6.78. The molecule has 8 heteroatoms. The summed E-state index contributed by atoms with van der Waals surface area (Å²) in [5, 5.41) is 2.65. The van der Waals surface area contributed by atoms with E-state index >= 15 is 0 Å². The minimum absolute atomic E-state index is 0.0795. The van der Waals surface area contributed by atoms with E-state index in [1.807, 2.05) is 26.0 Å². The summed E-state index contributed by atoms with van der Waals surface area (Å²) in [6.07, 6.45) is -0.119. The summed E-state index contributed by atoms with van der Waals surface area (Å²) in [5.74, 6) is -1.10. The largest absolute Gasteiger partial charge is 0.366 e. The fourth-order valence-corrected chi connectivity index (χ4v) is 4.62. The van der Waals surface area contributed by atoms with Gasteiger partial charge in [0.05, 0.1) is 21.8 Å². The van der Waals surface area contributed by atoms with Crippen molar-refractivity contribution in [3.05, 3.63) is 89.5 Å². The van der Waals surface area contributed by atoms with Gasteiger partial charge >= 0.3 is 0 Å². The zero-order chi connectivity index (χ0) is 23.3. The number of anilines is 2. The van der Waals surface area contributed by atoms with Gasteiger partial charge in [0.25, 0.3) is 15.9 Å². The number of para-hydroxylation sites is 1. The number of hydrogen-bond acceptors (Lipinski definition) is 4. The van der Waals surface area contributed by atoms with Crippen molar-refractivity contribution in [2.24, 2.45) is 5.73 Å². The molecule has 0 heterocycles. The molecule has 166 valence electrons. The zero-order valence-corrected chi connectivity index (χ0v) is 18.7. The van der Waals surface area contributed by atoms with Crippen LogP contribution >= 0.6 is 0 Å². The molecule has 0 aliphatic heterocycles. The summed E-state index contributed by atoms with van der Waals surface area (Å²) in [6, 6.07) is 20.0. The molecule has 7 nitrogen and oxygen atoms in total. The fraction of sp³-hybridized carbons (Fsp3) is 0.167. The number of nitrogens with zero attached hydrogens (tertiary/aromatic N) is 1. The van der Waals surface area contributed by atoms with Gasteiger partial charge in [0.15, 0.2) is 0 Å². The lowest BCUT2D eigenvalue weighted by molar-refractivity contribution is -0.116. The topological polar surface area (TPSA) is 110 Å². The molecule has 0 bridgehead atoms. The smallest absolute Gasteiger partial charge is 0.264 e. The van der Waals surface area contributed by atoms with Crippen LogP contribution in [0.5, 0.6) is 0 Å². The summed E-state index contributed by atoms with van der Waals surface area (Å²) in [7, 11) is -3.89. The monoisotopic (exact) mass is 451 g/mol. The summed E-state index contributed by atoms with van der Waals surface area (Å²) < 4.78 is 28.0. The number of nitrogens with one attached hydrogen (secondary N) is 1. The molecule has 0 spiro atoms. The van der Waals surface area contributed by atoms with Crippen LogP contribution in [0.3, 0.4) is 0 Å². The maximum Gasteiger partial charge on any atom is 0.264 e. The lowest BCUT2D eigenvalue weighted by atomic mass is 10.1. The predicted octanol–water partition coefficient (Wildman–Crippen LogP) is 3.63. The Balaban J connectivity index is 1.85. The first kappa shape index (κ1) is 23.0. The standard InChI is InChI=1S/C24H25N3O4S/c1-17-7-11-19(12-8-17)27(32(30,31)20-13-9-18(2)10-14-20)16-15-23(28)26-22-6-4-3-5-21(22)24(25)29/h3-14H,15-16H2,1-2H3,(H2,25,29)(H,26,28). The molecule has 0 aliphatic carbocycles. The number of aryl methyl sites for hydroxylation is 2. The normalized spacial score (nSPS) is 11.1. The highest BCUT2D eigenvalue weighted by Gasteiger charge is 2.25. The van der Waals surface area contributed by atoms with Crippen molar-refractivity contribution in [1.82, 2.24) is 0 Å². The molecular formula is C24H25N3O4S. The van der Waals surface area contributed by atoms with Gasteiger partial charge in [-0.2, -0.15) is 0 Å². The second-order valence-corrected chi connectivity index (χ2v) is 9.30. The fourth-order valence-electron chi connectivity index (χ4n) is 3.16. The maximum atomic E-state index is 13.4. The minimum Gasteiger partial charge on any atom is -0.366 e. The molecule has 32 heavy (non-hydrogen) atoms. The molecule has 3 N–H and O–H groups in total. The number of sulfonamides is 1. The lowest BCUT2D eigenvalue weighted by Crippen LogP contribution is -2.34. The van der Waals surface area contributed by atoms with E-state index in [4.69, 9.17) is 5.73 Å². The second-order valence-electron chi connectivity index (χ2n) is 7.43. The molecule has 0 fully saturated rings. The zero-order valence-electron chi connectivity index (χ0n) is 17.9. The van der Waals surface area contributed by atoms with Gasteiger partial charge in [0, 0.05) is 13.0 Å². The molecule has 3 rings (SSSR count). The average molecular weight is 452 g/mol. The Bertz CT molecular complexity index is 1220. The molecule has 0 radical (unpaired) electrons. The van der Waals surface area contributed by atoms with Crippen molar-refractivity contribution < 1.29 is 18.0 Å². The lowest BCUT2D eigenvalue weighted by Gasteiger charge is -2.24. The van der Waals surface area contributed by atoms with E-state index in [-0.39, 0.29) is 29.1 Å². The number of carbonyl (C=O) groups excluding carboxylic acids is 2. The van der Waals surface area contributed by atoms with Crippen LogP contribution in [0.4, 0.5) is 11.4 Å². The summed E-state index contributed by atoms with van der Waals surface area (Å²) >= 11 is 0. The van der Waals surface area contributed by atoms with E-state index in [0.717, 1.165) is 11.1 Å². The molecular weight excluding hydrogens is 426 g/mol. The Labute approximate surface area is 187 Å². The first-order valence-electron chi connectivity index (χ1n) is 10.0. The van der Waals surface area contributed by atoms with E-state index in [1.54, 1.807) is 54.6 Å². The van der Waals surface area contributed by atoms with Crippen LogP contribution < -0.4 is 15.4 Å². The van der Waals surface area contributed by atoms with Crippen molar-refractivity contribution in [2.45, 2.75) is 25.2 Å². The molecule has 0 saturated carbocycles. The maximum absolute atomic E-state index is 13.4. The predicted molar refractivity (Wildman–Crippen MR) is 125 cm³/mol. The van der Waals surface area contributed by atoms with Crippen LogP contribution in [0.25, 0.3) is 0 Å². The third-order valence-electron chi connectivity index (χ3n) is 4.94. The highest BCUT2D eigenvalue weighted by atomic mass is 32.2. The van der Waals surface area contributed by atoms with E-state index in [0.29, 0.717) is 5.69 Å². The number of benzene rings is 3. The van der Waals surface area contributed by atoms with Crippen molar-refractivity contribution in [3.63, 3.8) is 0 Å².